The van der Waals surface area contributed by atoms with Crippen molar-refractivity contribution in [3.63, 3.8) is 0 Å². The summed E-state index contributed by atoms with van der Waals surface area (Å²) in [6.07, 6.45) is -2.54. The summed E-state index contributed by atoms with van der Waals surface area (Å²) in [5, 5.41) is 16.9. The van der Waals surface area contributed by atoms with Gasteiger partial charge >= 0.3 is 19.9 Å². The second-order valence-corrected chi connectivity index (χ2v) is 21.5. The summed E-state index contributed by atoms with van der Waals surface area (Å²) in [4.78, 5) is 40.3. The van der Waals surface area contributed by atoms with Gasteiger partial charge in [0.05, 0.1) is 95.0 Å². The lowest BCUT2D eigenvalue weighted by atomic mass is 9.52. The van der Waals surface area contributed by atoms with Crippen LogP contribution in [0.2, 0.25) is 10.0 Å². The van der Waals surface area contributed by atoms with Crippen LogP contribution < -0.4 is 15.4 Å². The zero-order valence-electron chi connectivity index (χ0n) is 43.7. The Bertz CT molecular complexity index is 2850. The maximum atomic E-state index is 16.5. The predicted molar refractivity (Wildman–Crippen MR) is 285 cm³/mol. The number of rotatable bonds is 28. The van der Waals surface area contributed by atoms with Crippen LogP contribution >= 0.6 is 31.0 Å². The van der Waals surface area contributed by atoms with E-state index in [0.29, 0.717) is 0 Å². The van der Waals surface area contributed by atoms with Gasteiger partial charge in [0.1, 0.15) is 29.4 Å². The number of carbonyl (C=O) groups excluding carboxylic acids is 3. The van der Waals surface area contributed by atoms with Gasteiger partial charge in [0.2, 0.25) is 12.2 Å². The monoisotopic (exact) mass is 1140 g/mol. The van der Waals surface area contributed by atoms with Gasteiger partial charge in [0.15, 0.2) is 0 Å². The zero-order chi connectivity index (χ0) is 56.4. The van der Waals surface area contributed by atoms with Gasteiger partial charge in [0, 0.05) is 29.5 Å². The summed E-state index contributed by atoms with van der Waals surface area (Å²) in [5.41, 5.74) is -2.89. The summed E-state index contributed by atoms with van der Waals surface area (Å²) < 4.78 is 100. The number of nitrogens with one attached hydrogen (secondary N) is 2. The van der Waals surface area contributed by atoms with Crippen molar-refractivity contribution >= 4 is 54.7 Å². The number of methoxy groups -OCH3 is 1. The highest BCUT2D eigenvalue weighted by molar-refractivity contribution is 7.48. The Morgan fingerprint density at radius 1 is 0.769 bits per heavy atom. The highest BCUT2D eigenvalue weighted by Gasteiger charge is 2.67. The number of phosphoric acid groups is 1. The van der Waals surface area contributed by atoms with E-state index in [4.69, 9.17) is 69.9 Å². The molecule has 5 aromatic carbocycles. The second-order valence-electron chi connectivity index (χ2n) is 19.0. The molecule has 22 heteroatoms. The summed E-state index contributed by atoms with van der Waals surface area (Å²) in [6.45, 7) is 7.38. The fourth-order valence-corrected chi connectivity index (χ4v) is 10.4. The van der Waals surface area contributed by atoms with Gasteiger partial charge < -0.3 is 43.8 Å². The number of amides is 1. The molecule has 1 saturated heterocycles. The van der Waals surface area contributed by atoms with E-state index in [1.807, 2.05) is 81.4 Å². The van der Waals surface area contributed by atoms with Crippen molar-refractivity contribution < 1.29 is 74.5 Å². The first kappa shape index (κ1) is 61.2. The average Bonchev–Trinajstić information content (AvgIpc) is 3.69. The molecule has 0 spiro atoms. The van der Waals surface area contributed by atoms with Crippen molar-refractivity contribution in [2.24, 2.45) is 5.41 Å². The molecule has 78 heavy (non-hydrogen) atoms. The largest absolute Gasteiger partial charge is 0.511 e. The molecular weight excluding hydrogens is 1080 g/mol. The summed E-state index contributed by atoms with van der Waals surface area (Å²) in [7, 11) is -2.62. The molecule has 1 fully saturated rings. The SMILES string of the molecule is COc1cc(C(=O)OC(C)OC(=O)OCCOCCOCCOCCOP(=O)(OCc2ccccc2)OCc2ccccc2)ccc1NC(=O)[C@@H]1NC[C@](C#N)(c2ccc(Cl)cc2F)[C@@]1(CC(C)(C)C)c1cccc(Cl)c1F. The molecule has 418 valence electrons. The number of nitriles is 1. The van der Waals surface area contributed by atoms with Crippen LogP contribution in [0.1, 0.15) is 66.7 Å². The van der Waals surface area contributed by atoms with Crippen LogP contribution in [0.4, 0.5) is 19.3 Å². The molecule has 2 N–H and O–H groups in total. The molecule has 1 aliphatic heterocycles. The minimum absolute atomic E-state index is 0.00780. The van der Waals surface area contributed by atoms with Gasteiger partial charge in [-0.2, -0.15) is 5.26 Å². The molecule has 1 unspecified atom stereocenters. The lowest BCUT2D eigenvalue weighted by Crippen LogP contribution is -2.58. The first-order chi connectivity index (χ1) is 37.3. The van der Waals surface area contributed by atoms with Crippen molar-refractivity contribution in [3.8, 4) is 11.8 Å². The Morgan fingerprint density at radius 2 is 1.37 bits per heavy atom. The fourth-order valence-electron chi connectivity index (χ4n) is 8.98. The van der Waals surface area contributed by atoms with Crippen LogP contribution in [0.15, 0.2) is 115 Å². The Hall–Kier alpha value is -6.01. The number of ether oxygens (including phenoxy) is 7. The van der Waals surface area contributed by atoms with Crippen molar-refractivity contribution in [1.29, 1.82) is 5.26 Å². The number of esters is 1. The van der Waals surface area contributed by atoms with Crippen LogP contribution in [-0.2, 0) is 75.4 Å². The molecule has 5 aromatic rings. The molecule has 0 aromatic heterocycles. The summed E-state index contributed by atoms with van der Waals surface area (Å²) >= 11 is 12.5. The highest BCUT2D eigenvalue weighted by Crippen LogP contribution is 2.57. The van der Waals surface area contributed by atoms with Crippen molar-refractivity contribution in [2.45, 2.75) is 70.5 Å². The van der Waals surface area contributed by atoms with Crippen LogP contribution in [0.5, 0.6) is 5.75 Å². The van der Waals surface area contributed by atoms with Gasteiger partial charge in [-0.1, -0.05) is 123 Å². The van der Waals surface area contributed by atoms with Gasteiger partial charge in [-0.3, -0.25) is 18.4 Å². The zero-order valence-corrected chi connectivity index (χ0v) is 46.1. The third-order valence-electron chi connectivity index (χ3n) is 12.3. The third kappa shape index (κ3) is 16.3. The first-order valence-corrected chi connectivity index (χ1v) is 27.0. The number of carbonyl (C=O) groups is 3. The van der Waals surface area contributed by atoms with Crippen LogP contribution in [0.3, 0.4) is 0 Å². The molecule has 1 heterocycles. The molecule has 17 nitrogen and oxygen atoms in total. The van der Waals surface area contributed by atoms with Crippen molar-refractivity contribution in [1.82, 2.24) is 5.32 Å². The fraction of sp³-hybridized carbons (Fsp3) is 0.393. The molecule has 1 amide bonds. The number of hydrogen-bond donors (Lipinski definition) is 2. The van der Waals surface area contributed by atoms with Gasteiger partial charge in [-0.25, -0.2) is 22.9 Å². The minimum atomic E-state index is -3.92. The number of anilines is 1. The highest BCUT2D eigenvalue weighted by atomic mass is 35.5. The lowest BCUT2D eigenvalue weighted by molar-refractivity contribution is -0.119. The summed E-state index contributed by atoms with van der Waals surface area (Å²) in [6, 6.07) is 31.5. The molecule has 0 aliphatic carbocycles. The minimum Gasteiger partial charge on any atom is -0.495 e. The van der Waals surface area contributed by atoms with Crippen LogP contribution in [0, 0.1) is 28.4 Å². The number of hydrogen-bond acceptors (Lipinski definition) is 16. The molecule has 0 saturated carbocycles. The molecule has 0 radical (unpaired) electrons. The lowest BCUT2D eigenvalue weighted by Gasteiger charge is -2.47. The first-order valence-electron chi connectivity index (χ1n) is 24.8. The topological polar surface area (TPSA) is 208 Å². The van der Waals surface area contributed by atoms with E-state index in [1.54, 1.807) is 0 Å². The third-order valence-corrected chi connectivity index (χ3v) is 14.2. The molecule has 0 bridgehead atoms. The van der Waals surface area contributed by atoms with E-state index < -0.39 is 66.1 Å². The van der Waals surface area contributed by atoms with E-state index in [-0.39, 0.29) is 117 Å². The molecular formula is C56H62Cl2F2N3O14P. The quantitative estimate of drug-likeness (QED) is 0.0207. The Kier molecular flexibility index (Phi) is 22.6. The van der Waals surface area contributed by atoms with E-state index in [1.165, 1.54) is 62.6 Å². The predicted octanol–water partition coefficient (Wildman–Crippen LogP) is 11.3. The number of halogens is 4. The van der Waals surface area contributed by atoms with Crippen molar-refractivity contribution in [3.05, 3.63) is 165 Å². The van der Waals surface area contributed by atoms with Gasteiger partial charge in [0.25, 0.3) is 0 Å². The summed E-state index contributed by atoms with van der Waals surface area (Å²) in [5.74, 6) is -3.34. The number of phosphoric ester groups is 1. The molecule has 4 atom stereocenters. The molecule has 1 aliphatic rings. The maximum Gasteiger partial charge on any atom is 0.511 e. The normalized spacial score (nSPS) is 17.7. The van der Waals surface area contributed by atoms with E-state index >= 15 is 8.78 Å². The standard InChI is InChI=1S/C56H62Cl2F2N3O14P/c1-38(77-53(66)72-29-27-70-25-23-69-24-26-71-28-30-73-78(67,74-33-39-13-8-6-9-14-39)75-34-40-15-10-7-11-16-40)76-52(65)41-19-22-47(48(31-41)68-5)63-51(64)50-56(35-54(2,3)4,44-17-12-18-45(58)49(44)60)55(36-61,37-62-50)43-21-20-42(57)32-46(43)59/h6-22,31-32,38,50,62H,23-30,33-35,37H2,1-5H3,(H,63,64)/t38?,50-,55+,56-/m0/s1. The smallest absolute Gasteiger partial charge is 0.495 e. The number of nitrogens with zero attached hydrogens (tertiary/aromatic N) is 1. The van der Waals surface area contributed by atoms with Crippen molar-refractivity contribution in [2.75, 3.05) is 71.8 Å². The van der Waals surface area contributed by atoms with E-state index in [9.17, 15) is 24.2 Å². The van der Waals surface area contributed by atoms with Gasteiger partial charge in [-0.05, 0) is 64.9 Å². The Morgan fingerprint density at radius 3 is 1.95 bits per heavy atom. The van der Waals surface area contributed by atoms with Crippen LogP contribution in [-0.4, -0.2) is 96.9 Å². The number of benzene rings is 5. The van der Waals surface area contributed by atoms with Crippen LogP contribution in [0.25, 0.3) is 0 Å². The Labute approximate surface area is 462 Å². The van der Waals surface area contributed by atoms with E-state index in [2.05, 4.69) is 16.7 Å². The second kappa shape index (κ2) is 28.7. The Balaban J connectivity index is 0.931. The van der Waals surface area contributed by atoms with Gasteiger partial charge in [-0.15, -0.1) is 0 Å². The average molecular weight is 1140 g/mol. The van der Waals surface area contributed by atoms with E-state index in [0.717, 1.165) is 17.2 Å². The maximum absolute atomic E-state index is 16.5. The molecule has 6 rings (SSSR count).